The number of rotatable bonds is 7. The fraction of sp³-hybridized carbons (Fsp3) is 0.200. The lowest BCUT2D eigenvalue weighted by Gasteiger charge is -2.08. The molecule has 1 amide bonds. The van der Waals surface area contributed by atoms with Gasteiger partial charge in [0.05, 0.1) is 32.5 Å². The third kappa shape index (κ3) is 5.26. The number of nitro groups is 1. The van der Waals surface area contributed by atoms with Crippen molar-refractivity contribution in [1.82, 2.24) is 5.43 Å². The summed E-state index contributed by atoms with van der Waals surface area (Å²) in [4.78, 5) is 22.6. The molecule has 0 aliphatic rings. The van der Waals surface area contributed by atoms with Crippen molar-refractivity contribution in [2.24, 2.45) is 5.10 Å². The first kappa shape index (κ1) is 18.9. The summed E-state index contributed by atoms with van der Waals surface area (Å²) in [7, 11) is 1.55. The first-order valence-corrected chi connectivity index (χ1v) is 8.60. The number of amides is 1. The number of nitrogens with one attached hydrogen (secondary N) is 1. The highest BCUT2D eigenvalue weighted by Gasteiger charge is 2.12. The summed E-state index contributed by atoms with van der Waals surface area (Å²) in [6, 6.07) is 6.51. The number of thiophene rings is 1. The zero-order valence-electron chi connectivity index (χ0n) is 13.3. The summed E-state index contributed by atoms with van der Waals surface area (Å²) in [6.07, 6.45) is 0. The summed E-state index contributed by atoms with van der Waals surface area (Å²) in [6.45, 7) is 1.42. The molecule has 25 heavy (non-hydrogen) atoms. The highest BCUT2D eigenvalue weighted by molar-refractivity contribution is 9.10. The molecule has 0 saturated carbocycles. The molecule has 1 heterocycles. The Hall–Kier alpha value is -2.46. The van der Waals surface area contributed by atoms with Crippen molar-refractivity contribution in [1.29, 1.82) is 0 Å². The van der Waals surface area contributed by atoms with Gasteiger partial charge in [0.15, 0.2) is 6.61 Å². The van der Waals surface area contributed by atoms with Crippen LogP contribution in [0.2, 0.25) is 0 Å². The van der Waals surface area contributed by atoms with Crippen molar-refractivity contribution in [2.45, 2.75) is 6.92 Å². The molecule has 0 atom stereocenters. The number of carbonyl (C=O) groups excluding carboxylic acids is 1. The van der Waals surface area contributed by atoms with Gasteiger partial charge >= 0.3 is 0 Å². The largest absolute Gasteiger partial charge is 0.497 e. The Labute approximate surface area is 155 Å². The molecule has 132 valence electrons. The van der Waals surface area contributed by atoms with Crippen molar-refractivity contribution >= 4 is 44.6 Å². The number of ether oxygens (including phenoxy) is 2. The van der Waals surface area contributed by atoms with Crippen molar-refractivity contribution in [2.75, 3.05) is 13.7 Å². The van der Waals surface area contributed by atoms with Crippen LogP contribution in [0, 0.1) is 10.1 Å². The van der Waals surface area contributed by atoms with E-state index in [0.29, 0.717) is 26.6 Å². The van der Waals surface area contributed by atoms with Gasteiger partial charge in [-0.05, 0) is 41.1 Å². The highest BCUT2D eigenvalue weighted by Crippen LogP contribution is 2.29. The van der Waals surface area contributed by atoms with E-state index >= 15 is 0 Å². The highest BCUT2D eigenvalue weighted by atomic mass is 79.9. The molecule has 1 N–H and O–H groups in total. The molecule has 0 fully saturated rings. The van der Waals surface area contributed by atoms with Crippen LogP contribution in [0.3, 0.4) is 0 Å². The molecule has 0 spiro atoms. The van der Waals surface area contributed by atoms with Gasteiger partial charge in [-0.2, -0.15) is 5.10 Å². The third-order valence-corrected chi connectivity index (χ3v) is 4.65. The van der Waals surface area contributed by atoms with E-state index in [-0.39, 0.29) is 12.3 Å². The molecule has 0 bridgehead atoms. The predicted molar refractivity (Wildman–Crippen MR) is 97.5 cm³/mol. The van der Waals surface area contributed by atoms with E-state index < -0.39 is 10.8 Å². The molecule has 0 saturated heterocycles. The molecule has 0 aliphatic heterocycles. The predicted octanol–water partition coefficient (Wildman–Crippen LogP) is 3.35. The Morgan fingerprint density at radius 3 is 2.80 bits per heavy atom. The summed E-state index contributed by atoms with van der Waals surface area (Å²) in [5, 5.41) is 16.0. The number of halogens is 1. The Bertz CT molecular complexity index is 821. The Morgan fingerprint density at radius 1 is 1.44 bits per heavy atom. The van der Waals surface area contributed by atoms with Gasteiger partial charge in [0.25, 0.3) is 11.6 Å². The summed E-state index contributed by atoms with van der Waals surface area (Å²) in [5.74, 6) is 0.701. The molecule has 8 nitrogen and oxygen atoms in total. The molecule has 0 aliphatic carbocycles. The van der Waals surface area contributed by atoms with E-state index in [1.54, 1.807) is 32.2 Å². The average Bonchev–Trinajstić information content (AvgIpc) is 3.09. The van der Waals surface area contributed by atoms with Crippen LogP contribution in [-0.2, 0) is 4.79 Å². The van der Waals surface area contributed by atoms with Crippen LogP contribution in [0.5, 0.6) is 11.5 Å². The third-order valence-electron chi connectivity index (χ3n) is 3.00. The van der Waals surface area contributed by atoms with Crippen molar-refractivity contribution in [3.8, 4) is 11.5 Å². The van der Waals surface area contributed by atoms with Crippen LogP contribution in [-0.4, -0.2) is 30.3 Å². The van der Waals surface area contributed by atoms with Gasteiger partial charge in [-0.3, -0.25) is 14.9 Å². The van der Waals surface area contributed by atoms with Gasteiger partial charge in [-0.25, -0.2) is 5.43 Å². The van der Waals surface area contributed by atoms with Crippen LogP contribution in [0.1, 0.15) is 11.8 Å². The number of hydrazone groups is 1. The summed E-state index contributed by atoms with van der Waals surface area (Å²) in [5.41, 5.74) is 2.82. The zero-order valence-corrected chi connectivity index (χ0v) is 15.7. The Kier molecular flexibility index (Phi) is 6.48. The number of carbonyl (C=O) groups is 1. The van der Waals surface area contributed by atoms with E-state index in [9.17, 15) is 14.9 Å². The number of hydrogen-bond acceptors (Lipinski definition) is 7. The lowest BCUT2D eigenvalue weighted by molar-refractivity contribution is -0.384. The van der Waals surface area contributed by atoms with E-state index in [2.05, 4.69) is 26.5 Å². The second-order valence-corrected chi connectivity index (χ2v) is 6.51. The maximum Gasteiger partial charge on any atom is 0.280 e. The minimum Gasteiger partial charge on any atom is -0.497 e. The standard InChI is InChI=1S/C15H14BrN3O5S/c1-9(14-5-10(8-25-14)19(21)22)17-18-15(20)7-24-13-4-3-11(23-2)6-12(13)16/h3-6,8H,7H2,1-2H3,(H,18,20)/b17-9+. The van der Waals surface area contributed by atoms with Crippen LogP contribution in [0.25, 0.3) is 0 Å². The van der Waals surface area contributed by atoms with Gasteiger partial charge in [0.1, 0.15) is 11.5 Å². The molecule has 0 radical (unpaired) electrons. The molecule has 10 heteroatoms. The van der Waals surface area contributed by atoms with E-state index in [1.165, 1.54) is 22.8 Å². The van der Waals surface area contributed by atoms with Crippen LogP contribution in [0.4, 0.5) is 5.69 Å². The summed E-state index contributed by atoms with van der Waals surface area (Å²) < 4.78 is 11.1. The Balaban J connectivity index is 1.90. The molecule has 1 aromatic heterocycles. The number of nitrogens with zero attached hydrogens (tertiary/aromatic N) is 2. The molecule has 2 aromatic rings. The number of benzene rings is 1. The minimum absolute atomic E-state index is 0.00596. The van der Waals surface area contributed by atoms with Crippen molar-refractivity contribution < 1.29 is 19.2 Å². The smallest absolute Gasteiger partial charge is 0.280 e. The van der Waals surface area contributed by atoms with E-state index in [1.807, 2.05) is 0 Å². The lowest BCUT2D eigenvalue weighted by atomic mass is 10.3. The normalized spacial score (nSPS) is 11.1. The lowest BCUT2D eigenvalue weighted by Crippen LogP contribution is -2.25. The first-order chi connectivity index (χ1) is 11.9. The molecular weight excluding hydrogens is 414 g/mol. The minimum atomic E-state index is -0.480. The fourth-order valence-corrected chi connectivity index (χ4v) is 2.99. The number of methoxy groups -OCH3 is 1. The second-order valence-electron chi connectivity index (χ2n) is 4.74. The maximum atomic E-state index is 11.8. The van der Waals surface area contributed by atoms with Crippen molar-refractivity contribution in [3.05, 3.63) is 49.1 Å². The second kappa shape index (κ2) is 8.58. The van der Waals surface area contributed by atoms with Gasteiger partial charge in [0.2, 0.25) is 0 Å². The van der Waals surface area contributed by atoms with Crippen LogP contribution >= 0.6 is 27.3 Å². The topological polar surface area (TPSA) is 103 Å². The molecule has 2 rings (SSSR count). The molecule has 0 unspecified atom stereocenters. The van der Waals surface area contributed by atoms with Crippen molar-refractivity contribution in [3.63, 3.8) is 0 Å². The Morgan fingerprint density at radius 2 is 2.20 bits per heavy atom. The van der Waals surface area contributed by atoms with Gasteiger partial charge in [0, 0.05) is 6.07 Å². The zero-order chi connectivity index (χ0) is 18.4. The SMILES string of the molecule is COc1ccc(OCC(=O)N/N=C(\C)c2cc([N+](=O)[O-])cs2)c(Br)c1. The molecule has 1 aromatic carbocycles. The van der Waals surface area contributed by atoms with E-state index in [0.717, 1.165) is 0 Å². The first-order valence-electron chi connectivity index (χ1n) is 6.93. The fourth-order valence-electron chi connectivity index (χ4n) is 1.71. The monoisotopic (exact) mass is 427 g/mol. The van der Waals surface area contributed by atoms with Gasteiger partial charge in [-0.1, -0.05) is 0 Å². The summed E-state index contributed by atoms with van der Waals surface area (Å²) >= 11 is 4.51. The number of hydrogen-bond donors (Lipinski definition) is 1. The average molecular weight is 428 g/mol. The molecular formula is C15H14BrN3O5S. The quantitative estimate of drug-likeness (QED) is 0.414. The van der Waals surface area contributed by atoms with Gasteiger partial charge < -0.3 is 9.47 Å². The van der Waals surface area contributed by atoms with E-state index in [4.69, 9.17) is 9.47 Å². The van der Waals surface area contributed by atoms with Crippen LogP contribution in [0.15, 0.2) is 39.2 Å². The van der Waals surface area contributed by atoms with Crippen LogP contribution < -0.4 is 14.9 Å². The van der Waals surface area contributed by atoms with Gasteiger partial charge in [-0.15, -0.1) is 11.3 Å². The maximum absolute atomic E-state index is 11.8.